The van der Waals surface area contributed by atoms with Gasteiger partial charge < -0.3 is 28.8 Å². The van der Waals surface area contributed by atoms with E-state index in [1.807, 2.05) is 18.2 Å². The van der Waals surface area contributed by atoms with Crippen LogP contribution in [0.3, 0.4) is 0 Å². The first-order valence-corrected chi connectivity index (χ1v) is 14.2. The van der Waals surface area contributed by atoms with Crippen LogP contribution >= 0.6 is 0 Å². The largest absolute Gasteiger partial charge is 0.573 e. The van der Waals surface area contributed by atoms with Crippen molar-refractivity contribution in [3.8, 4) is 22.8 Å². The lowest BCUT2D eigenvalue weighted by atomic mass is 10.0. The Balaban J connectivity index is 1.58. The normalized spacial score (nSPS) is 13.1. The number of carbonyl (C=O) groups is 1. The summed E-state index contributed by atoms with van der Waals surface area (Å²) in [5, 5.41) is 21.1. The van der Waals surface area contributed by atoms with Gasteiger partial charge in [0.25, 0.3) is 0 Å². The van der Waals surface area contributed by atoms with Crippen LogP contribution in [0.15, 0.2) is 59.0 Å². The Bertz CT molecular complexity index is 1320. The average molecular weight is 593 g/mol. The van der Waals surface area contributed by atoms with Gasteiger partial charge in [0, 0.05) is 17.0 Å². The van der Waals surface area contributed by atoms with E-state index in [9.17, 15) is 28.2 Å². The van der Waals surface area contributed by atoms with Crippen LogP contribution in [-0.4, -0.2) is 48.0 Å². The van der Waals surface area contributed by atoms with Gasteiger partial charge in [-0.25, -0.2) is 4.79 Å². The molecule has 2 N–H and O–H groups in total. The zero-order chi connectivity index (χ0) is 30.7. The van der Waals surface area contributed by atoms with Crippen molar-refractivity contribution in [3.63, 3.8) is 0 Å². The number of alkyl halides is 3. The highest BCUT2D eigenvalue weighted by atomic mass is 19.4. The van der Waals surface area contributed by atoms with Crippen LogP contribution in [0, 0.1) is 0 Å². The highest BCUT2D eigenvalue weighted by molar-refractivity contribution is 5.87. The first kappa shape index (κ1) is 33.0. The molecule has 0 aliphatic rings. The third-order valence-corrected chi connectivity index (χ3v) is 6.68. The summed E-state index contributed by atoms with van der Waals surface area (Å²) < 4.78 is 60.6. The van der Waals surface area contributed by atoms with Gasteiger partial charge in [-0.3, -0.25) is 0 Å². The average Bonchev–Trinajstić information content (AvgIpc) is 3.35. The number of furan rings is 1. The quantitative estimate of drug-likeness (QED) is 0.0951. The number of unbranched alkanes of at least 4 members (excludes halogenated alkanes) is 2. The molecule has 0 saturated heterocycles. The predicted octanol–water partition coefficient (Wildman–Crippen LogP) is 7.51. The maximum absolute atomic E-state index is 13.3. The number of esters is 1. The van der Waals surface area contributed by atoms with Crippen LogP contribution in [0.1, 0.15) is 64.4 Å². The molecule has 0 amide bonds. The Morgan fingerprint density at radius 2 is 1.69 bits per heavy atom. The molecule has 3 rings (SSSR count). The molecule has 230 valence electrons. The number of hydrogen-bond acceptors (Lipinski definition) is 7. The molecule has 2 atom stereocenters. The highest BCUT2D eigenvalue weighted by Gasteiger charge is 2.33. The maximum Gasteiger partial charge on any atom is 0.573 e. The first-order valence-electron chi connectivity index (χ1n) is 14.2. The van der Waals surface area contributed by atoms with Gasteiger partial charge in [-0.05, 0) is 75.3 Å². The molecule has 0 bridgehead atoms. The smallest absolute Gasteiger partial charge is 0.493 e. The lowest BCUT2D eigenvalue weighted by Crippen LogP contribution is -2.26. The highest BCUT2D eigenvalue weighted by Crippen LogP contribution is 2.39. The van der Waals surface area contributed by atoms with Gasteiger partial charge in [0.05, 0.1) is 31.0 Å². The van der Waals surface area contributed by atoms with E-state index in [1.165, 1.54) is 19.1 Å². The molecule has 0 radical (unpaired) electrons. The minimum atomic E-state index is -4.92. The molecule has 0 aliphatic heterocycles. The second-order valence-electron chi connectivity index (χ2n) is 10.3. The number of hydrogen-bond donors (Lipinski definition) is 2. The lowest BCUT2D eigenvalue weighted by Gasteiger charge is -2.18. The van der Waals surface area contributed by atoms with Crippen molar-refractivity contribution in [3.05, 3.63) is 60.2 Å². The van der Waals surface area contributed by atoms with Gasteiger partial charge in [0.2, 0.25) is 0 Å². The number of halogens is 3. The monoisotopic (exact) mass is 592 g/mol. The van der Waals surface area contributed by atoms with Crippen molar-refractivity contribution < 1.29 is 46.8 Å². The fraction of sp³-hybridized carbons (Fsp3) is 0.469. The Hall–Kier alpha value is -3.50. The molecule has 0 aliphatic carbocycles. The molecule has 2 aromatic carbocycles. The Morgan fingerprint density at radius 3 is 2.36 bits per heavy atom. The summed E-state index contributed by atoms with van der Waals surface area (Å²) >= 11 is 0. The SMILES string of the molecule is C=C(C)C(=O)OCCCC(O)C(O)CCCOc1ccc(-c2cc3ccc(CCCCC)cc3o2)c(OC(F)(F)F)c1. The van der Waals surface area contributed by atoms with Gasteiger partial charge in [0.15, 0.2) is 0 Å². The molecule has 1 heterocycles. The number of aryl methyl sites for hydroxylation is 1. The van der Waals surface area contributed by atoms with E-state index in [0.29, 0.717) is 18.4 Å². The fourth-order valence-corrected chi connectivity index (χ4v) is 4.40. The summed E-state index contributed by atoms with van der Waals surface area (Å²) in [6.45, 7) is 7.35. The maximum atomic E-state index is 13.3. The van der Waals surface area contributed by atoms with E-state index < -0.39 is 30.3 Å². The molecule has 10 heteroatoms. The second kappa shape index (κ2) is 15.7. The van der Waals surface area contributed by atoms with E-state index in [2.05, 4.69) is 18.2 Å². The van der Waals surface area contributed by atoms with Gasteiger partial charge in [0.1, 0.15) is 22.8 Å². The Morgan fingerprint density at radius 1 is 0.976 bits per heavy atom. The van der Waals surface area contributed by atoms with Gasteiger partial charge in [-0.1, -0.05) is 38.5 Å². The van der Waals surface area contributed by atoms with Crippen molar-refractivity contribution in [2.45, 2.75) is 83.8 Å². The minimum Gasteiger partial charge on any atom is -0.493 e. The van der Waals surface area contributed by atoms with E-state index in [4.69, 9.17) is 13.9 Å². The van der Waals surface area contributed by atoms with Crippen LogP contribution in [0.4, 0.5) is 13.2 Å². The molecule has 0 fully saturated rings. The van der Waals surface area contributed by atoms with E-state index in [-0.39, 0.29) is 48.7 Å². The summed E-state index contributed by atoms with van der Waals surface area (Å²) in [6.07, 6.45) is -1.65. The third-order valence-electron chi connectivity index (χ3n) is 6.68. The number of aliphatic hydroxyl groups is 2. The fourth-order valence-electron chi connectivity index (χ4n) is 4.40. The standard InChI is InChI=1S/C32H39F3O7/c1-4-5-6-9-22-12-13-23-19-29(41-28(23)18-22)25-15-14-24(20-30(25)42-32(33,34)35)39-16-7-10-26(36)27(37)11-8-17-40-31(38)21(2)3/h12-15,18-20,26-27,36-37H,2,4-11,16-17H2,1,3H3. The van der Waals surface area contributed by atoms with Crippen molar-refractivity contribution in [2.24, 2.45) is 0 Å². The number of fused-ring (bicyclic) bond motifs is 1. The molecule has 3 aromatic rings. The number of rotatable bonds is 17. The van der Waals surface area contributed by atoms with Gasteiger partial charge in [-0.15, -0.1) is 13.2 Å². The molecule has 0 saturated carbocycles. The van der Waals surface area contributed by atoms with Crippen molar-refractivity contribution in [1.82, 2.24) is 0 Å². The molecule has 0 spiro atoms. The number of carbonyl (C=O) groups excluding carboxylic acids is 1. The predicted molar refractivity (Wildman–Crippen MR) is 153 cm³/mol. The van der Waals surface area contributed by atoms with Crippen LogP contribution < -0.4 is 9.47 Å². The van der Waals surface area contributed by atoms with Gasteiger partial charge in [-0.2, -0.15) is 0 Å². The number of aliphatic hydroxyl groups excluding tert-OH is 2. The summed E-state index contributed by atoms with van der Waals surface area (Å²) in [6, 6.07) is 11.6. The lowest BCUT2D eigenvalue weighted by molar-refractivity contribution is -0.274. The van der Waals surface area contributed by atoms with Crippen LogP contribution in [0.25, 0.3) is 22.3 Å². The van der Waals surface area contributed by atoms with Crippen LogP contribution in [0.2, 0.25) is 0 Å². The van der Waals surface area contributed by atoms with E-state index in [1.54, 1.807) is 6.07 Å². The Labute approximate surface area is 243 Å². The Kier molecular flexibility index (Phi) is 12.3. The molecule has 7 nitrogen and oxygen atoms in total. The number of benzene rings is 2. The van der Waals surface area contributed by atoms with E-state index in [0.717, 1.165) is 42.7 Å². The van der Waals surface area contributed by atoms with E-state index >= 15 is 0 Å². The van der Waals surface area contributed by atoms with Crippen LogP contribution in [0.5, 0.6) is 11.5 Å². The molecular weight excluding hydrogens is 553 g/mol. The van der Waals surface area contributed by atoms with Crippen molar-refractivity contribution in [1.29, 1.82) is 0 Å². The van der Waals surface area contributed by atoms with Crippen molar-refractivity contribution in [2.75, 3.05) is 13.2 Å². The summed E-state index contributed by atoms with van der Waals surface area (Å²) in [4.78, 5) is 11.4. The summed E-state index contributed by atoms with van der Waals surface area (Å²) in [5.74, 6) is -0.567. The molecule has 1 aromatic heterocycles. The second-order valence-corrected chi connectivity index (χ2v) is 10.3. The molecule has 2 unspecified atom stereocenters. The molecular formula is C32H39F3O7. The zero-order valence-corrected chi connectivity index (χ0v) is 24.0. The number of ether oxygens (including phenoxy) is 3. The van der Waals surface area contributed by atoms with Gasteiger partial charge >= 0.3 is 12.3 Å². The minimum absolute atomic E-state index is 0.0935. The van der Waals surface area contributed by atoms with Crippen LogP contribution in [-0.2, 0) is 16.0 Å². The first-order chi connectivity index (χ1) is 20.0. The zero-order valence-electron chi connectivity index (χ0n) is 24.0. The topological polar surface area (TPSA) is 98.4 Å². The third kappa shape index (κ3) is 10.4. The van der Waals surface area contributed by atoms with Crippen molar-refractivity contribution >= 4 is 16.9 Å². The summed E-state index contributed by atoms with van der Waals surface area (Å²) in [5.41, 5.74) is 2.11. The summed E-state index contributed by atoms with van der Waals surface area (Å²) in [7, 11) is 0. The molecule has 42 heavy (non-hydrogen) atoms.